The molecule has 0 bridgehead atoms. The second-order valence-electron chi connectivity index (χ2n) is 7.54. The summed E-state index contributed by atoms with van der Waals surface area (Å²) in [5.74, 6) is 0.681. The molecule has 5 rings (SSSR count). The molecule has 164 valence electrons. The van der Waals surface area contributed by atoms with Gasteiger partial charge < -0.3 is 15.7 Å². The van der Waals surface area contributed by atoms with Crippen LogP contribution in [0, 0.1) is 0 Å². The van der Waals surface area contributed by atoms with Crippen molar-refractivity contribution < 1.29 is 9.90 Å². The predicted molar refractivity (Wildman–Crippen MR) is 126 cm³/mol. The van der Waals surface area contributed by atoms with E-state index in [9.17, 15) is 9.90 Å². The lowest BCUT2D eigenvalue weighted by atomic mass is 9.95. The summed E-state index contributed by atoms with van der Waals surface area (Å²) in [5, 5.41) is 21.2. The van der Waals surface area contributed by atoms with Crippen LogP contribution < -0.4 is 10.6 Å². The van der Waals surface area contributed by atoms with Gasteiger partial charge in [0.2, 0.25) is 5.95 Å². The van der Waals surface area contributed by atoms with E-state index in [1.165, 1.54) is 0 Å². The number of fused-ring (bicyclic) bond motifs is 1. The van der Waals surface area contributed by atoms with Gasteiger partial charge in [0.1, 0.15) is 11.8 Å². The molecule has 3 heterocycles. The maximum Gasteiger partial charge on any atom is 0.255 e. The molecule has 0 unspecified atom stereocenters. The van der Waals surface area contributed by atoms with Crippen molar-refractivity contribution in [2.24, 2.45) is 0 Å². The normalized spacial score (nSPS) is 15.0. The minimum atomic E-state index is -0.620. The van der Waals surface area contributed by atoms with E-state index in [0.29, 0.717) is 44.9 Å². The highest BCUT2D eigenvalue weighted by atomic mass is 35.5. The molecule has 0 fully saturated rings. The number of phenolic OH excluding ortho intramolecular Hbond substituents is 1. The highest BCUT2D eigenvalue weighted by molar-refractivity contribution is 6.31. The van der Waals surface area contributed by atoms with E-state index < -0.39 is 6.04 Å². The highest BCUT2D eigenvalue weighted by Crippen LogP contribution is 2.39. The number of aromatic hydroxyl groups is 1. The van der Waals surface area contributed by atoms with Gasteiger partial charge >= 0.3 is 0 Å². The fourth-order valence-corrected chi connectivity index (χ4v) is 4.07. The standard InChI is InChI=1S/C24H19ClN6O2/c1-14-20(23(33)28-16-7-5-11-26-13-16)21(18-9-2-3-10-19(18)25)31-24(27-14)29-22(30-31)15-6-4-8-17(32)12-15/h2-13,21,32H,1H3,(H,28,33)(H,27,29,30)/t21-/m1/s1. The Labute approximate surface area is 194 Å². The fourth-order valence-electron chi connectivity index (χ4n) is 3.83. The first-order chi connectivity index (χ1) is 16.0. The molecule has 2 aromatic carbocycles. The van der Waals surface area contributed by atoms with Crippen LogP contribution in [0.3, 0.4) is 0 Å². The average Bonchev–Trinajstić information content (AvgIpc) is 3.23. The third kappa shape index (κ3) is 3.92. The van der Waals surface area contributed by atoms with Gasteiger partial charge in [0, 0.05) is 28.0 Å². The maximum absolute atomic E-state index is 13.4. The van der Waals surface area contributed by atoms with Crippen LogP contribution >= 0.6 is 11.6 Å². The van der Waals surface area contributed by atoms with Crippen molar-refractivity contribution in [2.45, 2.75) is 13.0 Å². The molecule has 8 nitrogen and oxygen atoms in total. The van der Waals surface area contributed by atoms with Crippen LogP contribution in [0.15, 0.2) is 84.3 Å². The summed E-state index contributed by atoms with van der Waals surface area (Å²) in [7, 11) is 0. The van der Waals surface area contributed by atoms with Crippen molar-refractivity contribution >= 4 is 29.1 Å². The van der Waals surface area contributed by atoms with Crippen LogP contribution in [-0.4, -0.2) is 30.8 Å². The molecule has 0 radical (unpaired) electrons. The Bertz CT molecular complexity index is 1380. The number of nitrogens with one attached hydrogen (secondary N) is 2. The molecule has 33 heavy (non-hydrogen) atoms. The van der Waals surface area contributed by atoms with Gasteiger partial charge in [0.15, 0.2) is 5.82 Å². The number of phenols is 1. The largest absolute Gasteiger partial charge is 0.508 e. The lowest BCUT2D eigenvalue weighted by molar-refractivity contribution is -0.113. The first kappa shape index (κ1) is 20.7. The number of nitrogens with zero attached hydrogens (tertiary/aromatic N) is 4. The van der Waals surface area contributed by atoms with Crippen LogP contribution in [0.25, 0.3) is 11.4 Å². The molecular weight excluding hydrogens is 440 g/mol. The molecule has 4 aromatic rings. The molecule has 1 aliphatic heterocycles. The van der Waals surface area contributed by atoms with Crippen LogP contribution in [0.5, 0.6) is 5.75 Å². The second kappa shape index (κ2) is 8.40. The van der Waals surface area contributed by atoms with E-state index >= 15 is 0 Å². The zero-order valence-corrected chi connectivity index (χ0v) is 18.3. The van der Waals surface area contributed by atoms with Crippen LogP contribution in [0.2, 0.25) is 5.02 Å². The number of benzene rings is 2. The van der Waals surface area contributed by atoms with E-state index in [2.05, 4.69) is 25.7 Å². The summed E-state index contributed by atoms with van der Waals surface area (Å²) in [6.45, 7) is 1.81. The molecule has 1 aliphatic rings. The number of hydrogen-bond acceptors (Lipinski definition) is 6. The topological polar surface area (TPSA) is 105 Å². The number of hydrogen-bond donors (Lipinski definition) is 3. The Hall–Kier alpha value is -4.17. The van der Waals surface area contributed by atoms with E-state index in [0.717, 1.165) is 0 Å². The van der Waals surface area contributed by atoms with Gasteiger partial charge in [-0.3, -0.25) is 9.78 Å². The zero-order chi connectivity index (χ0) is 22.9. The van der Waals surface area contributed by atoms with Gasteiger partial charge in [-0.2, -0.15) is 4.98 Å². The molecule has 3 N–H and O–H groups in total. The Kier molecular flexibility index (Phi) is 5.27. The van der Waals surface area contributed by atoms with Crippen molar-refractivity contribution in [1.29, 1.82) is 0 Å². The van der Waals surface area contributed by atoms with Gasteiger partial charge in [-0.1, -0.05) is 41.9 Å². The van der Waals surface area contributed by atoms with E-state index in [1.807, 2.05) is 31.2 Å². The predicted octanol–water partition coefficient (Wildman–Crippen LogP) is 4.63. The summed E-state index contributed by atoms with van der Waals surface area (Å²) in [6, 6.07) is 16.9. The fraction of sp³-hybridized carbons (Fsp3) is 0.0833. The van der Waals surface area contributed by atoms with Gasteiger partial charge in [-0.05, 0) is 37.3 Å². The summed E-state index contributed by atoms with van der Waals surface area (Å²) in [5.41, 5.74) is 3.02. The molecule has 2 aromatic heterocycles. The number of pyridine rings is 1. The first-order valence-electron chi connectivity index (χ1n) is 10.2. The summed E-state index contributed by atoms with van der Waals surface area (Å²) >= 11 is 6.57. The number of anilines is 2. The molecule has 0 aliphatic carbocycles. The lowest BCUT2D eigenvalue weighted by Crippen LogP contribution is -2.31. The van der Waals surface area contributed by atoms with Crippen LogP contribution in [0.4, 0.5) is 11.6 Å². The Balaban J connectivity index is 1.63. The molecular formula is C24H19ClN6O2. The minimum absolute atomic E-state index is 0.113. The second-order valence-corrected chi connectivity index (χ2v) is 7.94. The molecule has 1 atom stereocenters. The van der Waals surface area contributed by atoms with Gasteiger partial charge in [0.05, 0.1) is 17.5 Å². The number of amides is 1. The summed E-state index contributed by atoms with van der Waals surface area (Å²) in [4.78, 5) is 22.1. The Morgan fingerprint density at radius 1 is 1.15 bits per heavy atom. The molecule has 0 saturated heterocycles. The number of halogens is 1. The molecule has 0 saturated carbocycles. The van der Waals surface area contributed by atoms with Crippen molar-refractivity contribution in [3.8, 4) is 17.1 Å². The number of carbonyl (C=O) groups excluding carboxylic acids is 1. The monoisotopic (exact) mass is 458 g/mol. The van der Waals surface area contributed by atoms with Gasteiger partial charge in [0.25, 0.3) is 5.91 Å². The van der Waals surface area contributed by atoms with Crippen molar-refractivity contribution in [2.75, 3.05) is 10.6 Å². The van der Waals surface area contributed by atoms with Gasteiger partial charge in [-0.25, -0.2) is 4.68 Å². The number of carbonyl (C=O) groups is 1. The summed E-state index contributed by atoms with van der Waals surface area (Å²) in [6.07, 6.45) is 3.22. The van der Waals surface area contributed by atoms with Crippen molar-refractivity contribution in [3.05, 3.63) is 94.9 Å². The first-order valence-corrected chi connectivity index (χ1v) is 10.6. The van der Waals surface area contributed by atoms with Crippen LogP contribution in [0.1, 0.15) is 18.5 Å². The quantitative estimate of drug-likeness (QED) is 0.412. The molecule has 9 heteroatoms. The highest BCUT2D eigenvalue weighted by Gasteiger charge is 2.35. The Morgan fingerprint density at radius 2 is 2.00 bits per heavy atom. The van der Waals surface area contributed by atoms with Crippen molar-refractivity contribution in [1.82, 2.24) is 19.7 Å². The summed E-state index contributed by atoms with van der Waals surface area (Å²) < 4.78 is 1.64. The van der Waals surface area contributed by atoms with Crippen LogP contribution in [-0.2, 0) is 4.79 Å². The molecule has 0 spiro atoms. The average molecular weight is 459 g/mol. The number of allylic oxidation sites excluding steroid dienone is 1. The smallest absolute Gasteiger partial charge is 0.255 e. The Morgan fingerprint density at radius 3 is 2.76 bits per heavy atom. The van der Waals surface area contributed by atoms with E-state index in [1.54, 1.807) is 53.5 Å². The maximum atomic E-state index is 13.4. The third-order valence-electron chi connectivity index (χ3n) is 5.32. The third-order valence-corrected chi connectivity index (χ3v) is 5.66. The SMILES string of the molecule is CC1=C(C(=O)Nc2cccnc2)[C@@H](c2ccccc2Cl)n2nc(-c3cccc(O)c3)nc2N1. The van der Waals surface area contributed by atoms with E-state index in [-0.39, 0.29) is 11.7 Å². The van der Waals surface area contributed by atoms with Gasteiger partial charge in [-0.15, -0.1) is 5.10 Å². The number of rotatable bonds is 4. The zero-order valence-electron chi connectivity index (χ0n) is 17.5. The lowest BCUT2D eigenvalue weighted by Gasteiger charge is -2.29. The minimum Gasteiger partial charge on any atom is -0.508 e. The number of aromatic nitrogens is 4. The molecule has 1 amide bonds. The van der Waals surface area contributed by atoms with E-state index in [4.69, 9.17) is 11.6 Å². The van der Waals surface area contributed by atoms with Crippen molar-refractivity contribution in [3.63, 3.8) is 0 Å².